The molecule has 3 rings (SSSR count). The summed E-state index contributed by atoms with van der Waals surface area (Å²) in [7, 11) is 0. The Labute approximate surface area is 110 Å². The Kier molecular flexibility index (Phi) is 2.90. The van der Waals surface area contributed by atoms with Crippen molar-refractivity contribution in [2.45, 2.75) is 25.8 Å². The molecule has 0 radical (unpaired) electrons. The summed E-state index contributed by atoms with van der Waals surface area (Å²) in [5, 5.41) is 3.54. The highest BCUT2D eigenvalue weighted by molar-refractivity contribution is 9.10. The van der Waals surface area contributed by atoms with Crippen molar-refractivity contribution < 1.29 is 9.47 Å². The first kappa shape index (κ1) is 11.2. The molecule has 1 atom stereocenters. The lowest BCUT2D eigenvalue weighted by molar-refractivity contribution is 0.171. The summed E-state index contributed by atoms with van der Waals surface area (Å²) in [5.41, 5.74) is 1.09. The first-order valence-corrected chi connectivity index (χ1v) is 6.89. The molecule has 1 fully saturated rings. The van der Waals surface area contributed by atoms with Crippen LogP contribution in [0.15, 0.2) is 16.6 Å². The van der Waals surface area contributed by atoms with Gasteiger partial charge in [0.05, 0.1) is 5.69 Å². The molecular weight excluding hydrogens is 282 g/mol. The molecular formula is C13H16BrNO2. The minimum absolute atomic E-state index is 0.522. The largest absolute Gasteiger partial charge is 0.486 e. The fraction of sp³-hybridized carbons (Fsp3) is 0.538. The van der Waals surface area contributed by atoms with Crippen LogP contribution in [0.5, 0.6) is 11.5 Å². The number of anilines is 1. The van der Waals surface area contributed by atoms with Crippen LogP contribution in [-0.4, -0.2) is 19.3 Å². The maximum Gasteiger partial charge on any atom is 0.163 e. The van der Waals surface area contributed by atoms with Crippen LogP contribution in [0.1, 0.15) is 19.8 Å². The maximum absolute atomic E-state index is 5.59. The SMILES string of the molecule is CC(Nc1cc2c(cc1Br)OCCO2)C1CC1. The third-order valence-corrected chi connectivity index (χ3v) is 4.00. The third kappa shape index (κ3) is 2.37. The van der Waals surface area contributed by atoms with E-state index in [0.717, 1.165) is 27.6 Å². The Morgan fingerprint density at radius 2 is 1.88 bits per heavy atom. The minimum Gasteiger partial charge on any atom is -0.486 e. The van der Waals surface area contributed by atoms with Crippen molar-refractivity contribution in [3.8, 4) is 11.5 Å². The van der Waals surface area contributed by atoms with Crippen LogP contribution in [0.25, 0.3) is 0 Å². The van der Waals surface area contributed by atoms with Gasteiger partial charge in [0.15, 0.2) is 11.5 Å². The van der Waals surface area contributed by atoms with Crippen molar-refractivity contribution in [1.29, 1.82) is 0 Å². The number of hydrogen-bond acceptors (Lipinski definition) is 3. The molecule has 0 aromatic heterocycles. The molecule has 2 aliphatic rings. The van der Waals surface area contributed by atoms with Crippen LogP contribution in [0.3, 0.4) is 0 Å². The van der Waals surface area contributed by atoms with E-state index >= 15 is 0 Å². The van der Waals surface area contributed by atoms with Gasteiger partial charge in [0, 0.05) is 22.6 Å². The third-order valence-electron chi connectivity index (χ3n) is 3.34. The van der Waals surface area contributed by atoms with E-state index in [9.17, 15) is 0 Å². The first-order chi connectivity index (χ1) is 8.24. The number of nitrogens with one attached hydrogen (secondary N) is 1. The monoisotopic (exact) mass is 297 g/mol. The summed E-state index contributed by atoms with van der Waals surface area (Å²) >= 11 is 3.58. The molecule has 3 nitrogen and oxygen atoms in total. The van der Waals surface area contributed by atoms with Gasteiger partial charge in [-0.15, -0.1) is 0 Å². The molecule has 0 bridgehead atoms. The highest BCUT2D eigenvalue weighted by Gasteiger charge is 2.28. The van der Waals surface area contributed by atoms with Gasteiger partial charge < -0.3 is 14.8 Å². The number of rotatable bonds is 3. The number of halogens is 1. The lowest BCUT2D eigenvalue weighted by Crippen LogP contribution is -2.19. The summed E-state index contributed by atoms with van der Waals surface area (Å²) in [6, 6.07) is 4.53. The Morgan fingerprint density at radius 1 is 1.24 bits per heavy atom. The molecule has 1 heterocycles. The normalized spacial score (nSPS) is 19.9. The van der Waals surface area contributed by atoms with Crippen LogP contribution in [0.4, 0.5) is 5.69 Å². The van der Waals surface area contributed by atoms with Gasteiger partial charge in [0.1, 0.15) is 13.2 Å². The number of benzene rings is 1. The zero-order valence-electron chi connectivity index (χ0n) is 9.83. The van der Waals surface area contributed by atoms with Crippen LogP contribution in [0, 0.1) is 5.92 Å². The van der Waals surface area contributed by atoms with E-state index in [0.29, 0.717) is 19.3 Å². The van der Waals surface area contributed by atoms with Crippen LogP contribution < -0.4 is 14.8 Å². The van der Waals surface area contributed by atoms with E-state index in [-0.39, 0.29) is 0 Å². The Balaban J connectivity index is 1.83. The second-order valence-corrected chi connectivity index (χ2v) is 5.60. The molecule has 1 unspecified atom stereocenters. The fourth-order valence-corrected chi connectivity index (χ4v) is 2.57. The first-order valence-electron chi connectivity index (χ1n) is 6.10. The van der Waals surface area contributed by atoms with Crippen molar-refractivity contribution in [2.24, 2.45) is 5.92 Å². The second kappa shape index (κ2) is 4.41. The molecule has 1 aliphatic carbocycles. The lowest BCUT2D eigenvalue weighted by atomic mass is 10.2. The highest BCUT2D eigenvalue weighted by atomic mass is 79.9. The van der Waals surface area contributed by atoms with Gasteiger partial charge in [-0.25, -0.2) is 0 Å². The predicted octanol–water partition coefficient (Wildman–Crippen LogP) is 3.43. The molecule has 1 aromatic carbocycles. The lowest BCUT2D eigenvalue weighted by Gasteiger charge is -2.22. The number of ether oxygens (including phenoxy) is 2. The number of hydrogen-bond donors (Lipinski definition) is 1. The fourth-order valence-electron chi connectivity index (χ4n) is 2.13. The van der Waals surface area contributed by atoms with Crippen LogP contribution in [-0.2, 0) is 0 Å². The van der Waals surface area contributed by atoms with E-state index in [1.54, 1.807) is 0 Å². The van der Waals surface area contributed by atoms with Gasteiger partial charge in [-0.3, -0.25) is 0 Å². The van der Waals surface area contributed by atoms with Gasteiger partial charge in [-0.1, -0.05) is 0 Å². The molecule has 1 N–H and O–H groups in total. The Hall–Kier alpha value is -0.900. The number of fused-ring (bicyclic) bond motifs is 1. The van der Waals surface area contributed by atoms with E-state index in [1.807, 2.05) is 12.1 Å². The summed E-state index contributed by atoms with van der Waals surface area (Å²) in [5.74, 6) is 2.49. The van der Waals surface area contributed by atoms with Gasteiger partial charge >= 0.3 is 0 Å². The average Bonchev–Trinajstić information content (AvgIpc) is 3.14. The maximum atomic E-state index is 5.59. The molecule has 0 amide bonds. The molecule has 0 saturated heterocycles. The quantitative estimate of drug-likeness (QED) is 0.927. The summed E-state index contributed by atoms with van der Waals surface area (Å²) in [6.45, 7) is 3.50. The zero-order chi connectivity index (χ0) is 11.8. The predicted molar refractivity (Wildman–Crippen MR) is 70.9 cm³/mol. The van der Waals surface area contributed by atoms with E-state index in [4.69, 9.17) is 9.47 Å². The molecule has 1 aromatic rings. The van der Waals surface area contributed by atoms with Crippen LogP contribution >= 0.6 is 15.9 Å². The van der Waals surface area contributed by atoms with Crippen molar-refractivity contribution >= 4 is 21.6 Å². The van der Waals surface area contributed by atoms with Crippen molar-refractivity contribution in [2.75, 3.05) is 18.5 Å². The van der Waals surface area contributed by atoms with Crippen molar-refractivity contribution in [3.63, 3.8) is 0 Å². The van der Waals surface area contributed by atoms with Crippen LogP contribution in [0.2, 0.25) is 0 Å². The Bertz CT molecular complexity index is 432. The minimum atomic E-state index is 0.522. The van der Waals surface area contributed by atoms with E-state index in [2.05, 4.69) is 28.2 Å². The van der Waals surface area contributed by atoms with Gasteiger partial charge in [0.25, 0.3) is 0 Å². The molecule has 4 heteroatoms. The van der Waals surface area contributed by atoms with Crippen molar-refractivity contribution in [3.05, 3.63) is 16.6 Å². The van der Waals surface area contributed by atoms with Crippen molar-refractivity contribution in [1.82, 2.24) is 0 Å². The van der Waals surface area contributed by atoms with E-state index < -0.39 is 0 Å². The molecule has 92 valence electrons. The summed E-state index contributed by atoms with van der Waals surface area (Å²) in [4.78, 5) is 0. The smallest absolute Gasteiger partial charge is 0.163 e. The highest BCUT2D eigenvalue weighted by Crippen LogP contribution is 2.40. The topological polar surface area (TPSA) is 30.5 Å². The van der Waals surface area contributed by atoms with E-state index in [1.165, 1.54) is 12.8 Å². The summed E-state index contributed by atoms with van der Waals surface area (Å²) < 4.78 is 12.2. The summed E-state index contributed by atoms with van der Waals surface area (Å²) in [6.07, 6.45) is 2.69. The molecule has 0 spiro atoms. The molecule has 1 aliphatic heterocycles. The van der Waals surface area contributed by atoms with Gasteiger partial charge in [-0.05, 0) is 41.6 Å². The average molecular weight is 298 g/mol. The molecule has 17 heavy (non-hydrogen) atoms. The molecule has 1 saturated carbocycles. The Morgan fingerprint density at radius 3 is 2.53 bits per heavy atom. The van der Waals surface area contributed by atoms with Gasteiger partial charge in [0.2, 0.25) is 0 Å². The zero-order valence-corrected chi connectivity index (χ0v) is 11.4. The second-order valence-electron chi connectivity index (χ2n) is 4.75. The standard InChI is InChI=1S/C13H16BrNO2/c1-8(9-2-3-9)15-11-7-13-12(6-10(11)14)16-4-5-17-13/h6-9,15H,2-5H2,1H3. The van der Waals surface area contributed by atoms with Gasteiger partial charge in [-0.2, -0.15) is 0 Å².